The minimum absolute atomic E-state index is 0.0178. The predicted octanol–water partition coefficient (Wildman–Crippen LogP) is 5.23. The summed E-state index contributed by atoms with van der Waals surface area (Å²) in [4.78, 5) is 15.1. The molecule has 3 fully saturated rings. The van der Waals surface area contributed by atoms with Gasteiger partial charge in [0.05, 0.1) is 23.6 Å². The molecule has 2 heterocycles. The number of carbonyl (C=O) groups is 1. The van der Waals surface area contributed by atoms with Gasteiger partial charge in [-0.05, 0) is 80.8 Å². The highest BCUT2D eigenvalue weighted by molar-refractivity contribution is 7.89. The Morgan fingerprint density at radius 1 is 1.07 bits per heavy atom. The first-order chi connectivity index (χ1) is 20.0. The van der Waals surface area contributed by atoms with Gasteiger partial charge in [-0.3, -0.25) is 4.79 Å². The summed E-state index contributed by atoms with van der Waals surface area (Å²) < 4.78 is 72.7. The zero-order chi connectivity index (χ0) is 30.1. The SMILES string of the molecule is COc1cc(C(F)(F)[C@H](NS(=O)(=O)c2ccc(OCC3CCCCC3)cc2)C(=O)N2C3CCC2CC(N)C3)ccc1Cl. The molecule has 2 aliphatic heterocycles. The molecule has 3 atom stereocenters. The number of nitrogens with zero attached hydrogens (tertiary/aromatic N) is 1. The molecular formula is C30H38ClF2N3O5S. The number of ether oxygens (including phenoxy) is 2. The van der Waals surface area contributed by atoms with Crippen molar-refractivity contribution in [2.45, 2.75) is 92.8 Å². The van der Waals surface area contributed by atoms with Gasteiger partial charge in [-0.25, -0.2) is 8.42 Å². The van der Waals surface area contributed by atoms with Gasteiger partial charge in [-0.1, -0.05) is 36.9 Å². The maximum atomic E-state index is 16.3. The van der Waals surface area contributed by atoms with E-state index in [2.05, 4.69) is 4.72 Å². The third-order valence-corrected chi connectivity index (χ3v) is 10.5. The molecule has 2 saturated heterocycles. The van der Waals surface area contributed by atoms with Gasteiger partial charge in [0.2, 0.25) is 15.9 Å². The van der Waals surface area contributed by atoms with Gasteiger partial charge >= 0.3 is 0 Å². The first-order valence-electron chi connectivity index (χ1n) is 14.5. The van der Waals surface area contributed by atoms with Crippen LogP contribution >= 0.6 is 11.6 Å². The summed E-state index contributed by atoms with van der Waals surface area (Å²) >= 11 is 6.06. The number of methoxy groups -OCH3 is 1. The number of halogens is 3. The molecular weight excluding hydrogens is 588 g/mol. The second-order valence-corrected chi connectivity index (χ2v) is 13.8. The van der Waals surface area contributed by atoms with Gasteiger partial charge in [-0.15, -0.1) is 0 Å². The van der Waals surface area contributed by atoms with Crippen LogP contribution in [-0.2, 0) is 20.7 Å². The Morgan fingerprint density at radius 2 is 1.71 bits per heavy atom. The van der Waals surface area contributed by atoms with Crippen LogP contribution in [0.3, 0.4) is 0 Å². The lowest BCUT2D eigenvalue weighted by atomic mass is 9.90. The molecule has 12 heteroatoms. The zero-order valence-corrected chi connectivity index (χ0v) is 25.2. The smallest absolute Gasteiger partial charge is 0.298 e. The van der Waals surface area contributed by atoms with E-state index in [1.165, 1.54) is 61.6 Å². The van der Waals surface area contributed by atoms with Gasteiger partial charge in [0.1, 0.15) is 11.5 Å². The van der Waals surface area contributed by atoms with Gasteiger partial charge in [-0.2, -0.15) is 13.5 Å². The summed E-state index contributed by atoms with van der Waals surface area (Å²) in [6, 6.07) is 5.73. The highest BCUT2D eigenvalue weighted by atomic mass is 35.5. The van der Waals surface area contributed by atoms with Crippen molar-refractivity contribution in [3.63, 3.8) is 0 Å². The average Bonchev–Trinajstić information content (AvgIpc) is 3.25. The molecule has 3 aliphatic rings. The zero-order valence-electron chi connectivity index (χ0n) is 23.6. The van der Waals surface area contributed by atoms with Crippen molar-refractivity contribution in [1.29, 1.82) is 0 Å². The van der Waals surface area contributed by atoms with Gasteiger partial charge < -0.3 is 20.1 Å². The van der Waals surface area contributed by atoms with Crippen LogP contribution in [-0.4, -0.2) is 57.1 Å². The van der Waals surface area contributed by atoms with Crippen molar-refractivity contribution >= 4 is 27.5 Å². The molecule has 230 valence electrons. The van der Waals surface area contributed by atoms with E-state index in [0.29, 0.717) is 44.0 Å². The number of hydrogen-bond acceptors (Lipinski definition) is 6. The number of sulfonamides is 1. The maximum Gasteiger partial charge on any atom is 0.298 e. The number of rotatable bonds is 10. The molecule has 2 aromatic carbocycles. The van der Waals surface area contributed by atoms with E-state index in [9.17, 15) is 13.2 Å². The van der Waals surface area contributed by atoms with Crippen molar-refractivity contribution < 1.29 is 31.5 Å². The van der Waals surface area contributed by atoms with Crippen molar-refractivity contribution in [2.75, 3.05) is 13.7 Å². The predicted molar refractivity (Wildman–Crippen MR) is 155 cm³/mol. The Balaban J connectivity index is 1.41. The molecule has 2 aromatic rings. The van der Waals surface area contributed by atoms with Crippen molar-refractivity contribution in [2.24, 2.45) is 11.7 Å². The van der Waals surface area contributed by atoms with Crippen LogP contribution in [0, 0.1) is 5.92 Å². The van der Waals surface area contributed by atoms with Gasteiger partial charge in [0, 0.05) is 23.7 Å². The summed E-state index contributed by atoms with van der Waals surface area (Å²) in [5.74, 6) is -3.99. The number of amides is 1. The highest BCUT2D eigenvalue weighted by Gasteiger charge is 2.53. The molecule has 1 saturated carbocycles. The lowest BCUT2D eigenvalue weighted by molar-refractivity contribution is -0.149. The molecule has 0 radical (unpaired) electrons. The van der Waals surface area contributed by atoms with Crippen LogP contribution in [0.1, 0.15) is 63.4 Å². The van der Waals surface area contributed by atoms with E-state index in [4.69, 9.17) is 26.8 Å². The number of benzene rings is 2. The number of nitrogens with two attached hydrogens (primary N) is 1. The van der Waals surface area contributed by atoms with Crippen molar-refractivity contribution in [1.82, 2.24) is 9.62 Å². The Hall–Kier alpha value is -2.47. The van der Waals surface area contributed by atoms with Crippen LogP contribution in [0.5, 0.6) is 11.5 Å². The number of alkyl halides is 2. The van der Waals surface area contributed by atoms with Gasteiger partial charge in [0.15, 0.2) is 6.04 Å². The lowest BCUT2D eigenvalue weighted by Gasteiger charge is -2.41. The molecule has 2 unspecified atom stereocenters. The van der Waals surface area contributed by atoms with E-state index in [-0.39, 0.29) is 33.8 Å². The fourth-order valence-electron chi connectivity index (χ4n) is 6.55. The minimum Gasteiger partial charge on any atom is -0.495 e. The standard InChI is InChI=1S/C30H38ClF2N3O5S/c1-40-27-15-20(7-14-26(27)31)30(32,33)28(29(37)36-22-8-9-23(36)17-21(34)16-22)35-42(38,39)25-12-10-24(11-13-25)41-18-19-5-3-2-4-6-19/h7,10-15,19,21-23,28,35H,2-6,8-9,16-18,34H2,1H3/t21?,22?,23?,28-/m1/s1. The number of fused-ring (bicyclic) bond motifs is 2. The van der Waals surface area contributed by atoms with Crippen LogP contribution in [0.2, 0.25) is 5.02 Å². The fraction of sp³-hybridized carbons (Fsp3) is 0.567. The van der Waals surface area contributed by atoms with E-state index in [1.807, 2.05) is 0 Å². The van der Waals surface area contributed by atoms with E-state index in [1.54, 1.807) is 0 Å². The molecule has 5 rings (SSSR count). The minimum atomic E-state index is -4.55. The first-order valence-corrected chi connectivity index (χ1v) is 16.4. The Labute approximate surface area is 250 Å². The van der Waals surface area contributed by atoms with E-state index < -0.39 is 33.5 Å². The van der Waals surface area contributed by atoms with Crippen molar-refractivity contribution in [3.8, 4) is 11.5 Å². The van der Waals surface area contributed by atoms with Crippen LogP contribution < -0.4 is 19.9 Å². The largest absolute Gasteiger partial charge is 0.495 e. The normalized spacial score (nSPS) is 23.9. The molecule has 0 aromatic heterocycles. The summed E-state index contributed by atoms with van der Waals surface area (Å²) in [5, 5.41) is 0.106. The Morgan fingerprint density at radius 3 is 2.33 bits per heavy atom. The van der Waals surface area contributed by atoms with Crippen molar-refractivity contribution in [3.05, 3.63) is 53.1 Å². The average molecular weight is 626 g/mol. The summed E-state index contributed by atoms with van der Waals surface area (Å²) in [7, 11) is -3.27. The molecule has 2 bridgehead atoms. The number of piperidine rings is 1. The monoisotopic (exact) mass is 625 g/mol. The van der Waals surface area contributed by atoms with Crippen LogP contribution in [0.25, 0.3) is 0 Å². The topological polar surface area (TPSA) is 111 Å². The second-order valence-electron chi connectivity index (χ2n) is 11.7. The molecule has 3 N–H and O–H groups in total. The highest BCUT2D eigenvalue weighted by Crippen LogP contribution is 2.41. The van der Waals surface area contributed by atoms with E-state index >= 15 is 8.78 Å². The fourth-order valence-corrected chi connectivity index (χ4v) is 7.93. The lowest BCUT2D eigenvalue weighted by Crippen LogP contribution is -2.60. The molecule has 8 nitrogen and oxygen atoms in total. The Kier molecular flexibility index (Phi) is 9.32. The molecule has 0 spiro atoms. The van der Waals surface area contributed by atoms with E-state index in [0.717, 1.165) is 25.0 Å². The molecule has 1 aliphatic carbocycles. The van der Waals surface area contributed by atoms with Crippen LogP contribution in [0.4, 0.5) is 8.78 Å². The number of carbonyl (C=O) groups excluding carboxylic acids is 1. The first kappa shape index (κ1) is 31.0. The van der Waals surface area contributed by atoms with Gasteiger partial charge in [0.25, 0.3) is 5.92 Å². The van der Waals surface area contributed by atoms with Crippen LogP contribution in [0.15, 0.2) is 47.4 Å². The second kappa shape index (κ2) is 12.6. The quantitative estimate of drug-likeness (QED) is 0.374. The molecule has 1 amide bonds. The number of nitrogens with one attached hydrogen (secondary N) is 1. The third-order valence-electron chi connectivity index (χ3n) is 8.79. The number of hydrogen-bond donors (Lipinski definition) is 2. The molecule has 42 heavy (non-hydrogen) atoms. The maximum absolute atomic E-state index is 16.3. The Bertz CT molecular complexity index is 1360. The summed E-state index contributed by atoms with van der Waals surface area (Å²) in [5.41, 5.74) is 5.54. The summed E-state index contributed by atoms with van der Waals surface area (Å²) in [6.07, 6.45) is 8.00. The summed E-state index contributed by atoms with van der Waals surface area (Å²) in [6.45, 7) is 0.541. The third kappa shape index (κ3) is 6.54.